The van der Waals surface area contributed by atoms with E-state index in [9.17, 15) is 4.79 Å². The third kappa shape index (κ3) is 2.86. The molecule has 3 aliphatic rings. The molecular formula is C14H21ClO7. The van der Waals surface area contributed by atoms with Crippen LogP contribution in [0.25, 0.3) is 0 Å². The van der Waals surface area contributed by atoms with Crippen LogP contribution in [-0.4, -0.2) is 60.7 Å². The average molecular weight is 337 g/mol. The number of fused-ring (bicyclic) bond motifs is 3. The molecule has 0 aromatic carbocycles. The molecule has 3 fully saturated rings. The van der Waals surface area contributed by atoms with Gasteiger partial charge >= 0.3 is 5.97 Å². The van der Waals surface area contributed by atoms with Crippen LogP contribution in [0.2, 0.25) is 0 Å². The van der Waals surface area contributed by atoms with Gasteiger partial charge in [-0.05, 0) is 27.7 Å². The van der Waals surface area contributed by atoms with Gasteiger partial charge in [0.2, 0.25) is 5.79 Å². The summed E-state index contributed by atoms with van der Waals surface area (Å²) in [5.41, 5.74) is 0. The molecule has 0 aliphatic carbocycles. The summed E-state index contributed by atoms with van der Waals surface area (Å²) in [6.07, 6.45) is -1.18. The summed E-state index contributed by atoms with van der Waals surface area (Å²) in [5.74, 6) is -3.60. The van der Waals surface area contributed by atoms with E-state index < -0.39 is 29.4 Å². The highest BCUT2D eigenvalue weighted by Gasteiger charge is 2.65. The fraction of sp³-hybridized carbons (Fsp3) is 0.929. The number of rotatable bonds is 3. The number of ether oxygens (including phenoxy) is 6. The van der Waals surface area contributed by atoms with Gasteiger partial charge in [0.05, 0.1) is 6.61 Å². The Balaban J connectivity index is 1.83. The second-order valence-electron chi connectivity index (χ2n) is 6.60. The van der Waals surface area contributed by atoms with Crippen molar-refractivity contribution in [2.24, 2.45) is 0 Å². The predicted molar refractivity (Wildman–Crippen MR) is 74.2 cm³/mol. The summed E-state index contributed by atoms with van der Waals surface area (Å²) in [4.78, 5) is 11.4. The number of carbonyl (C=O) groups excluding carboxylic acids is 1. The van der Waals surface area contributed by atoms with E-state index >= 15 is 0 Å². The molecular weight excluding hydrogens is 316 g/mol. The third-order valence-electron chi connectivity index (χ3n) is 3.82. The van der Waals surface area contributed by atoms with E-state index in [0.29, 0.717) is 0 Å². The second kappa shape index (κ2) is 5.29. The summed E-state index contributed by atoms with van der Waals surface area (Å²) in [5, 5.41) is 0. The maximum absolute atomic E-state index is 11.4. The summed E-state index contributed by atoms with van der Waals surface area (Å²) in [7, 11) is 0. The van der Waals surface area contributed by atoms with Crippen LogP contribution in [0.5, 0.6) is 0 Å². The van der Waals surface area contributed by atoms with Gasteiger partial charge in [0.15, 0.2) is 11.6 Å². The van der Waals surface area contributed by atoms with Gasteiger partial charge in [0, 0.05) is 0 Å². The Kier molecular flexibility index (Phi) is 3.95. The molecule has 3 aliphatic heterocycles. The van der Waals surface area contributed by atoms with E-state index in [2.05, 4.69) is 0 Å². The van der Waals surface area contributed by atoms with Crippen molar-refractivity contribution in [2.75, 3.05) is 19.1 Å². The van der Waals surface area contributed by atoms with E-state index in [-0.39, 0.29) is 31.3 Å². The normalized spacial score (nSPS) is 41.8. The maximum atomic E-state index is 11.4. The molecule has 0 radical (unpaired) electrons. The Labute approximate surface area is 134 Å². The molecule has 0 bridgehead atoms. The smallest absolute Gasteiger partial charge is 0.321 e. The molecule has 4 atom stereocenters. The topological polar surface area (TPSA) is 72.5 Å². The van der Waals surface area contributed by atoms with Gasteiger partial charge in [0.1, 0.15) is 30.8 Å². The van der Waals surface area contributed by atoms with Gasteiger partial charge in [-0.1, -0.05) is 0 Å². The Morgan fingerprint density at radius 2 is 1.91 bits per heavy atom. The summed E-state index contributed by atoms with van der Waals surface area (Å²) in [6, 6.07) is 0. The zero-order valence-electron chi connectivity index (χ0n) is 13.1. The molecule has 0 unspecified atom stereocenters. The summed E-state index contributed by atoms with van der Waals surface area (Å²) < 4.78 is 34.6. The van der Waals surface area contributed by atoms with Crippen LogP contribution in [0.15, 0.2) is 0 Å². The molecule has 7 nitrogen and oxygen atoms in total. The molecule has 0 aromatic heterocycles. The van der Waals surface area contributed by atoms with Crippen molar-refractivity contribution < 1.29 is 33.2 Å². The molecule has 8 heteroatoms. The van der Waals surface area contributed by atoms with Crippen molar-refractivity contribution in [2.45, 2.75) is 63.4 Å². The number of hydrogen-bond acceptors (Lipinski definition) is 7. The van der Waals surface area contributed by atoms with Crippen LogP contribution in [0.4, 0.5) is 0 Å². The Morgan fingerprint density at radius 3 is 2.59 bits per heavy atom. The predicted octanol–water partition coefficient (Wildman–Crippen LogP) is 1.17. The lowest BCUT2D eigenvalue weighted by atomic mass is 9.97. The van der Waals surface area contributed by atoms with Crippen LogP contribution in [0.3, 0.4) is 0 Å². The van der Waals surface area contributed by atoms with Crippen molar-refractivity contribution in [3.8, 4) is 0 Å². The minimum atomic E-state index is -1.21. The highest BCUT2D eigenvalue weighted by atomic mass is 35.5. The highest BCUT2D eigenvalue weighted by molar-refractivity contribution is 6.26. The molecule has 3 saturated heterocycles. The van der Waals surface area contributed by atoms with Crippen LogP contribution in [0.1, 0.15) is 27.7 Å². The van der Waals surface area contributed by atoms with Crippen LogP contribution in [-0.2, 0) is 33.2 Å². The molecule has 3 heterocycles. The first-order valence-corrected chi connectivity index (χ1v) is 7.79. The zero-order chi connectivity index (χ0) is 16.2. The molecule has 0 aromatic rings. The lowest BCUT2D eigenvalue weighted by Gasteiger charge is -2.40. The monoisotopic (exact) mass is 336 g/mol. The fourth-order valence-corrected chi connectivity index (χ4v) is 3.24. The van der Waals surface area contributed by atoms with E-state index in [1.54, 1.807) is 13.8 Å². The highest BCUT2D eigenvalue weighted by Crippen LogP contribution is 2.47. The Bertz CT molecular complexity index is 466. The van der Waals surface area contributed by atoms with Crippen molar-refractivity contribution >= 4 is 17.6 Å². The van der Waals surface area contributed by atoms with E-state index in [1.165, 1.54) is 0 Å². The Hall–Kier alpha value is -0.440. The van der Waals surface area contributed by atoms with Crippen molar-refractivity contribution in [3.05, 3.63) is 0 Å². The molecule has 126 valence electrons. The molecule has 22 heavy (non-hydrogen) atoms. The lowest BCUT2D eigenvalue weighted by Crippen LogP contribution is -2.60. The number of carbonyl (C=O) groups is 1. The lowest BCUT2D eigenvalue weighted by molar-refractivity contribution is -0.295. The first kappa shape index (κ1) is 16.4. The van der Waals surface area contributed by atoms with Gasteiger partial charge in [-0.2, -0.15) is 0 Å². The third-order valence-corrected chi connectivity index (χ3v) is 4.04. The molecule has 0 amide bonds. The zero-order valence-corrected chi connectivity index (χ0v) is 13.8. The number of alkyl halides is 1. The first-order valence-electron chi connectivity index (χ1n) is 7.26. The SMILES string of the molecule is CC1(C)O[C@@H]2[C@@H](CO[C@@]3(COC(=O)CCl)OC(C)(C)O[C@@H]23)O1. The van der Waals surface area contributed by atoms with E-state index in [0.717, 1.165) is 0 Å². The fourth-order valence-electron chi connectivity index (χ4n) is 3.17. The van der Waals surface area contributed by atoms with Gasteiger partial charge in [-0.3, -0.25) is 4.79 Å². The van der Waals surface area contributed by atoms with Gasteiger partial charge in [0.25, 0.3) is 0 Å². The van der Waals surface area contributed by atoms with Crippen LogP contribution >= 0.6 is 11.6 Å². The quantitative estimate of drug-likeness (QED) is 0.565. The van der Waals surface area contributed by atoms with Gasteiger partial charge in [-0.15, -0.1) is 11.6 Å². The number of hydrogen-bond donors (Lipinski definition) is 0. The standard InChI is InChI=1S/C14H21ClO7/c1-12(2)19-8-6-18-14(7-17-9(16)5-15)11(10(8)20-12)21-13(3,4)22-14/h8,10-11H,5-7H2,1-4H3/t8-,10-,11+,14+/m1/s1. The molecule has 0 spiro atoms. The minimum Gasteiger partial charge on any atom is -0.459 e. The maximum Gasteiger partial charge on any atom is 0.321 e. The molecule has 0 saturated carbocycles. The van der Waals surface area contributed by atoms with Gasteiger partial charge in [-0.25, -0.2) is 0 Å². The summed E-state index contributed by atoms with van der Waals surface area (Å²) >= 11 is 5.46. The Morgan fingerprint density at radius 1 is 1.18 bits per heavy atom. The van der Waals surface area contributed by atoms with Crippen LogP contribution < -0.4 is 0 Å². The van der Waals surface area contributed by atoms with E-state index in [4.69, 9.17) is 40.0 Å². The van der Waals surface area contributed by atoms with Crippen molar-refractivity contribution in [1.29, 1.82) is 0 Å². The first-order chi connectivity index (χ1) is 10.2. The van der Waals surface area contributed by atoms with Crippen LogP contribution in [0, 0.1) is 0 Å². The largest absolute Gasteiger partial charge is 0.459 e. The average Bonchev–Trinajstić information content (AvgIpc) is 2.87. The number of esters is 1. The van der Waals surface area contributed by atoms with Crippen molar-refractivity contribution in [1.82, 2.24) is 0 Å². The van der Waals surface area contributed by atoms with Gasteiger partial charge < -0.3 is 28.4 Å². The second-order valence-corrected chi connectivity index (χ2v) is 6.86. The molecule has 0 N–H and O–H groups in total. The van der Waals surface area contributed by atoms with Crippen molar-refractivity contribution in [3.63, 3.8) is 0 Å². The number of halogens is 1. The van der Waals surface area contributed by atoms with E-state index in [1.807, 2.05) is 13.8 Å². The molecule has 3 rings (SSSR count). The minimum absolute atomic E-state index is 0.111. The summed E-state index contributed by atoms with van der Waals surface area (Å²) in [6.45, 7) is 7.37.